The van der Waals surface area contributed by atoms with E-state index in [0.29, 0.717) is 18.3 Å². The first kappa shape index (κ1) is 23.8. The molecule has 1 aliphatic rings. The van der Waals surface area contributed by atoms with Crippen molar-refractivity contribution in [3.05, 3.63) is 29.8 Å². The Kier molecular flexibility index (Phi) is 10.8. The third-order valence-corrected chi connectivity index (χ3v) is 5.89. The lowest BCUT2D eigenvalue weighted by Gasteiger charge is -2.28. The molecule has 27 heavy (non-hydrogen) atoms. The van der Waals surface area contributed by atoms with Crippen LogP contribution in [0.15, 0.2) is 29.2 Å². The smallest absolute Gasteiger partial charge is 0.307 e. The molecule has 1 amide bonds. The minimum atomic E-state index is -0.355. The van der Waals surface area contributed by atoms with Crippen LogP contribution in [0.1, 0.15) is 44.2 Å². The molecule has 0 aromatic heterocycles. The van der Waals surface area contributed by atoms with Gasteiger partial charge in [-0.25, -0.2) is 0 Å². The number of carbonyl (C=O) groups excluding carboxylic acids is 2. The van der Waals surface area contributed by atoms with Crippen molar-refractivity contribution in [3.63, 3.8) is 0 Å². The van der Waals surface area contributed by atoms with E-state index in [1.807, 2.05) is 30.5 Å². The minimum absolute atomic E-state index is 0. The Morgan fingerprint density at radius 3 is 2.41 bits per heavy atom. The molecule has 5 nitrogen and oxygen atoms in total. The number of benzene rings is 1. The fraction of sp³-hybridized carbons (Fsp3) is 0.600. The number of methoxy groups -OCH3 is 1. The first-order valence-corrected chi connectivity index (χ1v) is 10.5. The standard InChI is InChI=1S/C20H30N2O3S.ClH/c1-14(15-8-10-21-11-9-15)12-19(23)22-18(13-20(24)25-2)16-4-6-17(26-3)7-5-16;/h4-7,14-15,18,21H,8-13H2,1-3H3,(H,22,23);1H. The van der Waals surface area contributed by atoms with Gasteiger partial charge in [-0.1, -0.05) is 19.1 Å². The van der Waals surface area contributed by atoms with E-state index in [1.54, 1.807) is 11.8 Å². The Morgan fingerprint density at radius 2 is 1.85 bits per heavy atom. The Hall–Kier alpha value is -1.24. The summed E-state index contributed by atoms with van der Waals surface area (Å²) in [5.74, 6) is 0.603. The molecular weight excluding hydrogens is 384 g/mol. The predicted molar refractivity (Wildman–Crippen MR) is 112 cm³/mol. The van der Waals surface area contributed by atoms with Gasteiger partial charge < -0.3 is 15.4 Å². The fourth-order valence-corrected chi connectivity index (χ4v) is 3.87. The van der Waals surface area contributed by atoms with Crippen LogP contribution in [0.4, 0.5) is 0 Å². The second-order valence-corrected chi connectivity index (χ2v) is 7.82. The zero-order chi connectivity index (χ0) is 18.9. The summed E-state index contributed by atoms with van der Waals surface area (Å²) in [7, 11) is 1.37. The summed E-state index contributed by atoms with van der Waals surface area (Å²) in [6.45, 7) is 4.21. The van der Waals surface area contributed by atoms with Crippen molar-refractivity contribution in [2.45, 2.75) is 43.5 Å². The zero-order valence-electron chi connectivity index (χ0n) is 16.3. The summed E-state index contributed by atoms with van der Waals surface area (Å²) in [6.07, 6.45) is 4.89. The number of rotatable bonds is 8. The van der Waals surface area contributed by atoms with Gasteiger partial charge in [0.05, 0.1) is 19.6 Å². The van der Waals surface area contributed by atoms with E-state index in [2.05, 4.69) is 17.6 Å². The summed E-state index contributed by atoms with van der Waals surface area (Å²) in [4.78, 5) is 25.5. The molecule has 2 rings (SSSR count). The molecule has 1 aromatic rings. The molecule has 1 aromatic carbocycles. The van der Waals surface area contributed by atoms with E-state index in [4.69, 9.17) is 4.74 Å². The molecule has 1 heterocycles. The first-order valence-electron chi connectivity index (χ1n) is 9.24. The number of nitrogens with one attached hydrogen (secondary N) is 2. The van der Waals surface area contributed by atoms with Crippen LogP contribution in [0.3, 0.4) is 0 Å². The van der Waals surface area contributed by atoms with E-state index in [9.17, 15) is 9.59 Å². The maximum Gasteiger partial charge on any atom is 0.307 e. The van der Waals surface area contributed by atoms with E-state index in [-0.39, 0.29) is 36.7 Å². The summed E-state index contributed by atoms with van der Waals surface area (Å²) in [5.41, 5.74) is 0.927. The van der Waals surface area contributed by atoms with Gasteiger partial charge in [0.15, 0.2) is 0 Å². The van der Waals surface area contributed by atoms with Crippen LogP contribution in [-0.4, -0.2) is 38.3 Å². The normalized spacial score (nSPS) is 16.7. The van der Waals surface area contributed by atoms with Crippen LogP contribution in [0.25, 0.3) is 0 Å². The molecule has 0 bridgehead atoms. The van der Waals surface area contributed by atoms with Gasteiger partial charge in [-0.05, 0) is 61.7 Å². The molecule has 0 aliphatic carbocycles. The van der Waals surface area contributed by atoms with Gasteiger partial charge in [-0.15, -0.1) is 24.2 Å². The number of carbonyl (C=O) groups is 2. The number of thioether (sulfide) groups is 1. The van der Waals surface area contributed by atoms with Crippen molar-refractivity contribution in [3.8, 4) is 0 Å². The average Bonchev–Trinajstić information content (AvgIpc) is 2.68. The van der Waals surface area contributed by atoms with E-state index < -0.39 is 0 Å². The molecule has 2 atom stereocenters. The van der Waals surface area contributed by atoms with Crippen LogP contribution in [0, 0.1) is 11.8 Å². The van der Waals surface area contributed by atoms with E-state index >= 15 is 0 Å². The maximum absolute atomic E-state index is 12.6. The lowest BCUT2D eigenvalue weighted by Crippen LogP contribution is -2.35. The molecule has 0 spiro atoms. The monoisotopic (exact) mass is 414 g/mol. The number of amides is 1. The van der Waals surface area contributed by atoms with E-state index in [1.165, 1.54) is 7.11 Å². The van der Waals surface area contributed by atoms with Gasteiger partial charge >= 0.3 is 5.97 Å². The Balaban J connectivity index is 0.00000364. The van der Waals surface area contributed by atoms with Gasteiger partial charge in [0.1, 0.15) is 0 Å². The highest BCUT2D eigenvalue weighted by Crippen LogP contribution is 2.26. The molecule has 2 N–H and O–H groups in total. The van der Waals surface area contributed by atoms with Gasteiger partial charge in [0.25, 0.3) is 0 Å². The molecule has 7 heteroatoms. The molecule has 1 fully saturated rings. The van der Waals surface area contributed by atoms with Crippen LogP contribution < -0.4 is 10.6 Å². The zero-order valence-corrected chi connectivity index (χ0v) is 18.0. The van der Waals surface area contributed by atoms with Crippen LogP contribution in [-0.2, 0) is 14.3 Å². The number of esters is 1. The molecule has 2 unspecified atom stereocenters. The predicted octanol–water partition coefficient (Wildman–Crippen LogP) is 3.58. The van der Waals surface area contributed by atoms with E-state index in [0.717, 1.165) is 36.4 Å². The number of piperidine rings is 1. The largest absolute Gasteiger partial charge is 0.469 e. The molecule has 1 aliphatic heterocycles. The van der Waals surface area contributed by atoms with Gasteiger partial charge in [0.2, 0.25) is 5.91 Å². The average molecular weight is 415 g/mol. The summed E-state index contributed by atoms with van der Waals surface area (Å²) in [5, 5.41) is 6.40. The van der Waals surface area contributed by atoms with Gasteiger partial charge in [-0.2, -0.15) is 0 Å². The first-order chi connectivity index (χ1) is 12.5. The van der Waals surface area contributed by atoms with Crippen molar-refractivity contribution >= 4 is 36.0 Å². The van der Waals surface area contributed by atoms with Gasteiger partial charge in [0, 0.05) is 11.3 Å². The van der Waals surface area contributed by atoms with Crippen molar-refractivity contribution in [2.24, 2.45) is 11.8 Å². The van der Waals surface area contributed by atoms with Crippen LogP contribution in [0.5, 0.6) is 0 Å². The summed E-state index contributed by atoms with van der Waals surface area (Å²) >= 11 is 1.66. The molecule has 0 saturated carbocycles. The second-order valence-electron chi connectivity index (χ2n) is 6.94. The second kappa shape index (κ2) is 12.3. The SMILES string of the molecule is COC(=O)CC(NC(=O)CC(C)C1CCNCC1)c1ccc(SC)cc1.Cl. The third-order valence-electron chi connectivity index (χ3n) is 5.15. The van der Waals surface area contributed by atoms with Crippen LogP contribution in [0.2, 0.25) is 0 Å². The van der Waals surface area contributed by atoms with Crippen molar-refractivity contribution in [1.82, 2.24) is 10.6 Å². The van der Waals surface area contributed by atoms with Crippen LogP contribution >= 0.6 is 24.2 Å². The third kappa shape index (κ3) is 7.72. The molecule has 0 radical (unpaired) electrons. The number of hydrogen-bond acceptors (Lipinski definition) is 5. The topological polar surface area (TPSA) is 67.4 Å². The van der Waals surface area contributed by atoms with Crippen molar-refractivity contribution in [1.29, 1.82) is 0 Å². The number of hydrogen-bond donors (Lipinski definition) is 2. The highest BCUT2D eigenvalue weighted by Gasteiger charge is 2.24. The molecule has 1 saturated heterocycles. The quantitative estimate of drug-likeness (QED) is 0.502. The number of ether oxygens (including phenoxy) is 1. The Labute approximate surface area is 172 Å². The lowest BCUT2D eigenvalue weighted by molar-refractivity contribution is -0.141. The number of halogens is 1. The Morgan fingerprint density at radius 1 is 1.22 bits per heavy atom. The molecular formula is C20H31ClN2O3S. The lowest BCUT2D eigenvalue weighted by atomic mass is 9.84. The Bertz CT molecular complexity index is 591. The summed E-state index contributed by atoms with van der Waals surface area (Å²) in [6, 6.07) is 7.60. The minimum Gasteiger partial charge on any atom is -0.469 e. The van der Waals surface area contributed by atoms with Crippen molar-refractivity contribution < 1.29 is 14.3 Å². The highest BCUT2D eigenvalue weighted by atomic mass is 35.5. The van der Waals surface area contributed by atoms with Crippen molar-refractivity contribution in [2.75, 3.05) is 26.5 Å². The molecule has 152 valence electrons. The summed E-state index contributed by atoms with van der Waals surface area (Å²) < 4.78 is 4.80. The highest BCUT2D eigenvalue weighted by molar-refractivity contribution is 7.98. The fourth-order valence-electron chi connectivity index (χ4n) is 3.46. The van der Waals surface area contributed by atoms with Gasteiger partial charge in [-0.3, -0.25) is 9.59 Å². The maximum atomic E-state index is 12.6.